The highest BCUT2D eigenvalue weighted by Crippen LogP contribution is 2.57. The van der Waals surface area contributed by atoms with Crippen LogP contribution in [0.4, 0.5) is 0 Å². The van der Waals surface area contributed by atoms with Gasteiger partial charge in [-0.15, -0.1) is 0 Å². The molecule has 2 aliphatic rings. The molecule has 0 radical (unpaired) electrons. The van der Waals surface area contributed by atoms with Gasteiger partial charge in [-0.3, -0.25) is 0 Å². The molecule has 2 aromatic heterocycles. The quantitative estimate of drug-likeness (QED) is 0.183. The number of benzene rings is 7. The van der Waals surface area contributed by atoms with Crippen molar-refractivity contribution in [2.75, 3.05) is 0 Å². The van der Waals surface area contributed by atoms with E-state index in [1.54, 1.807) is 0 Å². The molecule has 2 aliphatic carbocycles. The van der Waals surface area contributed by atoms with Crippen molar-refractivity contribution in [2.24, 2.45) is 0 Å². The largest absolute Gasteiger partial charge is 0.456 e. The second-order valence-corrected chi connectivity index (χ2v) is 16.2. The van der Waals surface area contributed by atoms with Crippen LogP contribution in [0.15, 0.2) is 162 Å². The molecule has 0 unspecified atom stereocenters. The van der Waals surface area contributed by atoms with Crippen molar-refractivity contribution >= 4 is 21.9 Å². The monoisotopic (exact) mass is 706 g/mol. The van der Waals surface area contributed by atoms with Crippen LogP contribution in [0.25, 0.3) is 89.2 Å². The molecule has 11 rings (SSSR count). The van der Waals surface area contributed by atoms with Gasteiger partial charge in [0.05, 0.1) is 11.4 Å². The predicted octanol–water partition coefficient (Wildman–Crippen LogP) is 13.7. The molecule has 55 heavy (non-hydrogen) atoms. The second kappa shape index (κ2) is 11.5. The highest BCUT2D eigenvalue weighted by atomic mass is 16.3. The van der Waals surface area contributed by atoms with Gasteiger partial charge in [0.15, 0.2) is 5.82 Å². The average molecular weight is 707 g/mol. The van der Waals surface area contributed by atoms with Gasteiger partial charge in [0, 0.05) is 38.3 Å². The summed E-state index contributed by atoms with van der Waals surface area (Å²) < 4.78 is 6.29. The smallest absolute Gasteiger partial charge is 0.160 e. The zero-order chi connectivity index (χ0) is 37.1. The van der Waals surface area contributed by atoms with E-state index < -0.39 is 0 Å². The lowest BCUT2D eigenvalue weighted by atomic mass is 9.79. The molecule has 2 heterocycles. The van der Waals surface area contributed by atoms with Crippen LogP contribution < -0.4 is 0 Å². The van der Waals surface area contributed by atoms with Crippen molar-refractivity contribution in [1.29, 1.82) is 0 Å². The number of rotatable bonds is 4. The molecule has 262 valence electrons. The molecule has 0 aliphatic heterocycles. The van der Waals surface area contributed by atoms with Gasteiger partial charge in [0.1, 0.15) is 11.2 Å². The summed E-state index contributed by atoms with van der Waals surface area (Å²) in [6.07, 6.45) is 0. The van der Waals surface area contributed by atoms with E-state index in [0.29, 0.717) is 5.82 Å². The minimum absolute atomic E-state index is 0.0706. The minimum atomic E-state index is -0.137. The summed E-state index contributed by atoms with van der Waals surface area (Å²) >= 11 is 0. The first-order chi connectivity index (χ1) is 26.8. The molecule has 0 atom stereocenters. The van der Waals surface area contributed by atoms with E-state index in [-0.39, 0.29) is 10.8 Å². The number of nitrogens with zero attached hydrogens (tertiary/aromatic N) is 2. The Morgan fingerprint density at radius 3 is 1.84 bits per heavy atom. The topological polar surface area (TPSA) is 38.9 Å². The first-order valence-electron chi connectivity index (χ1n) is 19.2. The van der Waals surface area contributed by atoms with E-state index in [1.165, 1.54) is 55.6 Å². The van der Waals surface area contributed by atoms with E-state index in [4.69, 9.17) is 14.4 Å². The Morgan fingerprint density at radius 1 is 0.382 bits per heavy atom. The van der Waals surface area contributed by atoms with Crippen LogP contribution in [-0.2, 0) is 10.8 Å². The lowest BCUT2D eigenvalue weighted by Gasteiger charge is -2.24. The van der Waals surface area contributed by atoms with Gasteiger partial charge in [-0.1, -0.05) is 143 Å². The fraction of sp³-hybridized carbons (Fsp3) is 0.115. The zero-order valence-corrected chi connectivity index (χ0v) is 31.3. The average Bonchev–Trinajstić information content (AvgIpc) is 3.79. The third kappa shape index (κ3) is 4.69. The molecule has 3 heteroatoms. The normalized spacial score (nSPS) is 14.5. The van der Waals surface area contributed by atoms with Crippen molar-refractivity contribution in [1.82, 2.24) is 9.97 Å². The van der Waals surface area contributed by atoms with E-state index in [1.807, 2.05) is 30.3 Å². The fourth-order valence-electron chi connectivity index (χ4n) is 9.41. The Bertz CT molecular complexity index is 3040. The molecule has 7 aromatic carbocycles. The van der Waals surface area contributed by atoms with Crippen LogP contribution in [0.3, 0.4) is 0 Å². The predicted molar refractivity (Wildman–Crippen MR) is 226 cm³/mol. The van der Waals surface area contributed by atoms with Gasteiger partial charge in [-0.2, -0.15) is 0 Å². The molecule has 0 saturated carbocycles. The molecule has 0 amide bonds. The van der Waals surface area contributed by atoms with Crippen LogP contribution in [0, 0.1) is 0 Å². The van der Waals surface area contributed by atoms with Gasteiger partial charge < -0.3 is 4.42 Å². The Labute approximate surface area is 321 Å². The Hall–Kier alpha value is -6.58. The van der Waals surface area contributed by atoms with E-state index in [9.17, 15) is 0 Å². The van der Waals surface area contributed by atoms with Gasteiger partial charge in [-0.25, -0.2) is 9.97 Å². The molecule has 3 nitrogen and oxygen atoms in total. The first kappa shape index (κ1) is 31.9. The summed E-state index contributed by atoms with van der Waals surface area (Å²) in [6, 6.07) is 56.6. The molecule has 0 fully saturated rings. The zero-order valence-electron chi connectivity index (χ0n) is 31.3. The van der Waals surface area contributed by atoms with Crippen molar-refractivity contribution in [3.8, 4) is 67.3 Å². The van der Waals surface area contributed by atoms with Gasteiger partial charge >= 0.3 is 0 Å². The van der Waals surface area contributed by atoms with Crippen molar-refractivity contribution in [3.63, 3.8) is 0 Å². The maximum atomic E-state index is 6.29. The van der Waals surface area contributed by atoms with E-state index in [2.05, 4.69) is 155 Å². The summed E-state index contributed by atoms with van der Waals surface area (Å²) in [5.74, 6) is 0.692. The molecule has 0 bridgehead atoms. The van der Waals surface area contributed by atoms with Crippen LogP contribution in [0.2, 0.25) is 0 Å². The molecule has 9 aromatic rings. The minimum Gasteiger partial charge on any atom is -0.456 e. The van der Waals surface area contributed by atoms with Crippen LogP contribution in [0.1, 0.15) is 49.9 Å². The molecule has 0 spiro atoms. The van der Waals surface area contributed by atoms with Crippen LogP contribution in [0.5, 0.6) is 0 Å². The standard InChI is InChI=1S/C52H38N2O/c1-51(2)41-21-10-8-18-36(41)39-28-44-40(29-43(39)51)49-35(20-13-22-42(49)52(44,3)4)32-16-12-17-33(26-32)45-30-46(54-50(53-45)31-14-6-5-7-15-31)34-24-25-38-37-19-9-11-23-47(37)55-48(38)27-34/h5-30H,1-4H3. The number of furan rings is 1. The second-order valence-electron chi connectivity index (χ2n) is 16.2. The number of hydrogen-bond acceptors (Lipinski definition) is 3. The van der Waals surface area contributed by atoms with Crippen LogP contribution >= 0.6 is 0 Å². The highest BCUT2D eigenvalue weighted by molar-refractivity contribution is 6.06. The third-order valence-corrected chi connectivity index (χ3v) is 12.3. The van der Waals surface area contributed by atoms with Crippen LogP contribution in [-0.4, -0.2) is 9.97 Å². The van der Waals surface area contributed by atoms with Crippen molar-refractivity contribution < 1.29 is 4.42 Å². The van der Waals surface area contributed by atoms with Gasteiger partial charge in [-0.05, 0) is 98.1 Å². The number of para-hydroxylation sites is 1. The van der Waals surface area contributed by atoms with Crippen molar-refractivity contribution in [2.45, 2.75) is 38.5 Å². The van der Waals surface area contributed by atoms with Gasteiger partial charge in [0.2, 0.25) is 0 Å². The van der Waals surface area contributed by atoms with Crippen molar-refractivity contribution in [3.05, 3.63) is 180 Å². The maximum absolute atomic E-state index is 6.29. The first-order valence-corrected chi connectivity index (χ1v) is 19.2. The third-order valence-electron chi connectivity index (χ3n) is 12.3. The van der Waals surface area contributed by atoms with Gasteiger partial charge in [0.25, 0.3) is 0 Å². The fourth-order valence-corrected chi connectivity index (χ4v) is 9.41. The summed E-state index contributed by atoms with van der Waals surface area (Å²) in [4.78, 5) is 10.3. The molecular formula is C52H38N2O. The number of aromatic nitrogens is 2. The number of fused-ring (bicyclic) bond motifs is 9. The Kier molecular flexibility index (Phi) is 6.65. The Morgan fingerprint density at radius 2 is 0.982 bits per heavy atom. The maximum Gasteiger partial charge on any atom is 0.160 e. The molecule has 0 saturated heterocycles. The van der Waals surface area contributed by atoms with E-state index >= 15 is 0 Å². The SMILES string of the molecule is CC1(C)c2ccccc2-c2cc3c(cc21)-c1c(-c2cccc(-c4cc(-c5ccc6c(c5)oc5ccccc56)nc(-c5ccccc5)n4)c2)cccc1C3(C)C. The van der Waals surface area contributed by atoms with E-state index in [0.717, 1.165) is 50.0 Å². The summed E-state index contributed by atoms with van der Waals surface area (Å²) in [7, 11) is 0. The Balaban J connectivity index is 1.06. The molecule has 0 N–H and O–H groups in total. The summed E-state index contributed by atoms with van der Waals surface area (Å²) in [6.45, 7) is 9.50. The summed E-state index contributed by atoms with van der Waals surface area (Å²) in [5, 5.41) is 2.22. The summed E-state index contributed by atoms with van der Waals surface area (Å²) in [5.41, 5.74) is 19.7. The highest BCUT2D eigenvalue weighted by Gasteiger charge is 2.42. The lowest BCUT2D eigenvalue weighted by molar-refractivity contribution is 0.652. The molecular weight excluding hydrogens is 669 g/mol. The lowest BCUT2D eigenvalue weighted by Crippen LogP contribution is -2.16. The number of hydrogen-bond donors (Lipinski definition) is 0.